The van der Waals surface area contributed by atoms with Crippen LogP contribution in [-0.4, -0.2) is 45.8 Å². The molecule has 0 bridgehead atoms. The predicted molar refractivity (Wildman–Crippen MR) is 113 cm³/mol. The smallest absolute Gasteiger partial charge is 0.251 e. The molecule has 0 saturated heterocycles. The number of nitrogens with one attached hydrogen (secondary N) is 2. The normalized spacial score (nSPS) is 11.4. The molecule has 0 spiro atoms. The fraction of sp³-hybridized carbons (Fsp3) is 0.238. The Bertz CT molecular complexity index is 955. The standard InChI is InChI=1S/C21H25N3O4S/c1-22-21(26)19-10-8-18(9-11-19)16-24(2)20(25)12-14-23-29(27,28)15-13-17-6-4-3-5-7-17/h3-11,13,15,23H,12,14,16H2,1-2H3,(H,22,26)/b15-13+. The average Bonchev–Trinajstić information content (AvgIpc) is 2.73. The summed E-state index contributed by atoms with van der Waals surface area (Å²) >= 11 is 0. The topological polar surface area (TPSA) is 95.6 Å². The second kappa shape index (κ2) is 10.5. The summed E-state index contributed by atoms with van der Waals surface area (Å²) in [4.78, 5) is 25.3. The summed E-state index contributed by atoms with van der Waals surface area (Å²) in [5.41, 5.74) is 2.19. The molecule has 0 fully saturated rings. The quantitative estimate of drug-likeness (QED) is 0.655. The Kier molecular flexibility index (Phi) is 8.11. The minimum absolute atomic E-state index is 0.0141. The van der Waals surface area contributed by atoms with Gasteiger partial charge in [-0.3, -0.25) is 9.59 Å². The van der Waals surface area contributed by atoms with E-state index in [0.29, 0.717) is 12.1 Å². The van der Waals surface area contributed by atoms with Crippen LogP contribution in [0.15, 0.2) is 60.0 Å². The number of carbonyl (C=O) groups excluding carboxylic acids is 2. The molecule has 8 heteroatoms. The lowest BCUT2D eigenvalue weighted by Gasteiger charge is -2.17. The molecule has 0 aromatic heterocycles. The lowest BCUT2D eigenvalue weighted by Crippen LogP contribution is -2.31. The van der Waals surface area contributed by atoms with Crippen LogP contribution in [-0.2, 0) is 21.4 Å². The molecule has 2 N–H and O–H groups in total. The van der Waals surface area contributed by atoms with Crippen molar-refractivity contribution in [3.63, 3.8) is 0 Å². The highest BCUT2D eigenvalue weighted by Crippen LogP contribution is 2.08. The highest BCUT2D eigenvalue weighted by atomic mass is 32.2. The largest absolute Gasteiger partial charge is 0.355 e. The third-order valence-electron chi connectivity index (χ3n) is 4.17. The van der Waals surface area contributed by atoms with Gasteiger partial charge in [0, 0.05) is 44.6 Å². The number of sulfonamides is 1. The van der Waals surface area contributed by atoms with Crippen LogP contribution in [0.1, 0.15) is 27.9 Å². The molecule has 0 aliphatic carbocycles. The minimum Gasteiger partial charge on any atom is -0.355 e. The molecule has 0 atom stereocenters. The van der Waals surface area contributed by atoms with Crippen LogP contribution in [0.4, 0.5) is 0 Å². The van der Waals surface area contributed by atoms with Crippen molar-refractivity contribution in [2.75, 3.05) is 20.6 Å². The summed E-state index contributed by atoms with van der Waals surface area (Å²) < 4.78 is 26.4. The van der Waals surface area contributed by atoms with E-state index in [2.05, 4.69) is 10.0 Å². The van der Waals surface area contributed by atoms with Crippen molar-refractivity contribution in [2.45, 2.75) is 13.0 Å². The molecule has 0 unspecified atom stereocenters. The van der Waals surface area contributed by atoms with Gasteiger partial charge in [0.25, 0.3) is 5.91 Å². The Labute approximate surface area is 171 Å². The summed E-state index contributed by atoms with van der Waals surface area (Å²) in [5.74, 6) is -0.357. The summed E-state index contributed by atoms with van der Waals surface area (Å²) in [6.07, 6.45) is 1.55. The molecular weight excluding hydrogens is 390 g/mol. The lowest BCUT2D eigenvalue weighted by molar-refractivity contribution is -0.130. The lowest BCUT2D eigenvalue weighted by atomic mass is 10.1. The zero-order chi connectivity index (χ0) is 21.3. The van der Waals surface area contributed by atoms with Gasteiger partial charge in [-0.15, -0.1) is 0 Å². The van der Waals surface area contributed by atoms with Gasteiger partial charge in [0.15, 0.2) is 0 Å². The van der Waals surface area contributed by atoms with Crippen molar-refractivity contribution in [3.05, 3.63) is 76.7 Å². The van der Waals surface area contributed by atoms with Gasteiger partial charge in [0.05, 0.1) is 0 Å². The molecule has 2 aromatic rings. The van der Waals surface area contributed by atoms with Gasteiger partial charge in [-0.1, -0.05) is 42.5 Å². The molecule has 7 nitrogen and oxygen atoms in total. The first-order valence-corrected chi connectivity index (χ1v) is 10.6. The number of hydrogen-bond donors (Lipinski definition) is 2. The van der Waals surface area contributed by atoms with Crippen molar-refractivity contribution >= 4 is 27.9 Å². The van der Waals surface area contributed by atoms with Crippen LogP contribution in [0.3, 0.4) is 0 Å². The highest BCUT2D eigenvalue weighted by molar-refractivity contribution is 7.92. The third-order valence-corrected chi connectivity index (χ3v) is 5.27. The van der Waals surface area contributed by atoms with Crippen LogP contribution >= 0.6 is 0 Å². The van der Waals surface area contributed by atoms with E-state index in [0.717, 1.165) is 16.5 Å². The van der Waals surface area contributed by atoms with Crippen molar-refractivity contribution in [3.8, 4) is 0 Å². The van der Waals surface area contributed by atoms with E-state index in [1.165, 1.54) is 11.0 Å². The Morgan fingerprint density at radius 2 is 1.69 bits per heavy atom. The molecule has 2 amide bonds. The minimum atomic E-state index is -3.61. The predicted octanol–water partition coefficient (Wildman–Crippen LogP) is 1.99. The van der Waals surface area contributed by atoms with Crippen LogP contribution < -0.4 is 10.0 Å². The monoisotopic (exact) mass is 415 g/mol. The Morgan fingerprint density at radius 3 is 2.31 bits per heavy atom. The van der Waals surface area contributed by atoms with Gasteiger partial charge in [0.1, 0.15) is 0 Å². The van der Waals surface area contributed by atoms with E-state index in [9.17, 15) is 18.0 Å². The summed E-state index contributed by atoms with van der Waals surface area (Å²) in [6, 6.07) is 16.0. The maximum absolute atomic E-state index is 12.2. The summed E-state index contributed by atoms with van der Waals surface area (Å²) in [6.45, 7) is 0.383. The van der Waals surface area contributed by atoms with Gasteiger partial charge >= 0.3 is 0 Å². The maximum Gasteiger partial charge on any atom is 0.251 e. The number of carbonyl (C=O) groups is 2. The third kappa shape index (κ3) is 7.52. The van der Waals surface area contributed by atoms with E-state index in [1.807, 2.05) is 18.2 Å². The molecule has 0 radical (unpaired) electrons. The van der Waals surface area contributed by atoms with E-state index in [1.54, 1.807) is 50.5 Å². The van der Waals surface area contributed by atoms with Crippen molar-refractivity contribution < 1.29 is 18.0 Å². The first kappa shape index (κ1) is 22.3. The van der Waals surface area contributed by atoms with Crippen LogP contribution in [0.2, 0.25) is 0 Å². The highest BCUT2D eigenvalue weighted by Gasteiger charge is 2.12. The molecule has 0 aliphatic rings. The number of nitrogens with zero attached hydrogens (tertiary/aromatic N) is 1. The zero-order valence-corrected chi connectivity index (χ0v) is 17.3. The van der Waals surface area contributed by atoms with E-state index in [-0.39, 0.29) is 24.8 Å². The second-order valence-corrected chi connectivity index (χ2v) is 8.08. The van der Waals surface area contributed by atoms with Crippen molar-refractivity contribution in [1.82, 2.24) is 14.9 Å². The molecular formula is C21H25N3O4S. The van der Waals surface area contributed by atoms with E-state index in [4.69, 9.17) is 0 Å². The number of rotatable bonds is 9. The summed E-state index contributed by atoms with van der Waals surface area (Å²) in [7, 11) is -0.399. The molecule has 0 saturated carbocycles. The van der Waals surface area contributed by atoms with E-state index >= 15 is 0 Å². The fourth-order valence-electron chi connectivity index (χ4n) is 2.54. The van der Waals surface area contributed by atoms with Crippen LogP contribution in [0, 0.1) is 0 Å². The van der Waals surface area contributed by atoms with Gasteiger partial charge in [-0.2, -0.15) is 0 Å². The Morgan fingerprint density at radius 1 is 1.03 bits per heavy atom. The fourth-order valence-corrected chi connectivity index (χ4v) is 3.36. The van der Waals surface area contributed by atoms with Gasteiger partial charge in [-0.05, 0) is 29.3 Å². The molecule has 0 heterocycles. The first-order chi connectivity index (χ1) is 13.8. The van der Waals surface area contributed by atoms with Crippen LogP contribution in [0.5, 0.6) is 0 Å². The van der Waals surface area contributed by atoms with Crippen molar-refractivity contribution in [1.29, 1.82) is 0 Å². The van der Waals surface area contributed by atoms with Gasteiger partial charge < -0.3 is 10.2 Å². The SMILES string of the molecule is CNC(=O)c1ccc(CN(C)C(=O)CCNS(=O)(=O)/C=C/c2ccccc2)cc1. The number of benzene rings is 2. The summed E-state index contributed by atoms with van der Waals surface area (Å²) in [5, 5.41) is 3.64. The van der Waals surface area contributed by atoms with Gasteiger partial charge in [-0.25, -0.2) is 13.1 Å². The van der Waals surface area contributed by atoms with Crippen LogP contribution in [0.25, 0.3) is 6.08 Å². The molecule has 0 aliphatic heterocycles. The maximum atomic E-state index is 12.2. The molecule has 2 aromatic carbocycles. The molecule has 154 valence electrons. The molecule has 2 rings (SSSR count). The Balaban J connectivity index is 1.80. The number of amides is 2. The average molecular weight is 416 g/mol. The zero-order valence-electron chi connectivity index (χ0n) is 16.5. The second-order valence-electron chi connectivity index (χ2n) is 6.43. The first-order valence-electron chi connectivity index (χ1n) is 9.08. The van der Waals surface area contributed by atoms with Gasteiger partial charge in [0.2, 0.25) is 15.9 Å². The van der Waals surface area contributed by atoms with E-state index < -0.39 is 10.0 Å². The Hall–Kier alpha value is -2.97. The molecule has 29 heavy (non-hydrogen) atoms. The number of hydrogen-bond acceptors (Lipinski definition) is 4. The van der Waals surface area contributed by atoms with Crippen molar-refractivity contribution in [2.24, 2.45) is 0 Å².